The van der Waals surface area contributed by atoms with Gasteiger partial charge in [-0.15, -0.1) is 0 Å². The molecule has 4 rings (SSSR count). The number of nitrogens with one attached hydrogen (secondary N) is 1. The number of rotatable bonds is 0. The van der Waals surface area contributed by atoms with Crippen molar-refractivity contribution < 1.29 is 0 Å². The van der Waals surface area contributed by atoms with Crippen LogP contribution in [0.15, 0.2) is 66.7 Å². The molecule has 2 aromatic carbocycles. The predicted octanol–water partition coefficient (Wildman–Crippen LogP) is 5.25. The summed E-state index contributed by atoms with van der Waals surface area (Å²) in [5.74, 6) is 0. The Morgan fingerprint density at radius 2 is 1.35 bits per heavy atom. The summed E-state index contributed by atoms with van der Waals surface area (Å²) in [6.45, 7) is 2.10. The molecule has 0 atom stereocenters. The van der Waals surface area contributed by atoms with E-state index in [0.29, 0.717) is 0 Å². The van der Waals surface area contributed by atoms with E-state index in [1.807, 2.05) is 0 Å². The van der Waals surface area contributed by atoms with Gasteiger partial charge in [0, 0.05) is 16.8 Å². The van der Waals surface area contributed by atoms with Crippen LogP contribution in [0.5, 0.6) is 0 Å². The fraction of sp³-hybridized carbons (Fsp3) is 0.0526. The van der Waals surface area contributed by atoms with Gasteiger partial charge in [-0.25, -0.2) is 0 Å². The first-order valence-electron chi connectivity index (χ1n) is 6.90. The average Bonchev–Trinajstić information content (AvgIpc) is 2.79. The van der Waals surface area contributed by atoms with Crippen molar-refractivity contribution in [1.29, 1.82) is 0 Å². The number of hydrogen-bond acceptors (Lipinski definition) is 0. The second-order valence-corrected chi connectivity index (χ2v) is 5.22. The molecule has 1 aromatic heterocycles. The maximum Gasteiger partial charge on any atom is 0.0541 e. The highest BCUT2D eigenvalue weighted by atomic mass is 14.7. The number of fused-ring (bicyclic) bond motifs is 3. The second-order valence-electron chi connectivity index (χ2n) is 5.22. The third kappa shape index (κ3) is 1.56. The van der Waals surface area contributed by atoms with Crippen LogP contribution >= 0.6 is 0 Å². The van der Waals surface area contributed by atoms with Gasteiger partial charge in [-0.05, 0) is 29.3 Å². The minimum absolute atomic E-state index is 1.15. The van der Waals surface area contributed by atoms with Crippen LogP contribution in [0.4, 0.5) is 0 Å². The topological polar surface area (TPSA) is 15.8 Å². The van der Waals surface area contributed by atoms with E-state index in [2.05, 4.69) is 78.6 Å². The Kier molecular flexibility index (Phi) is 2.40. The maximum absolute atomic E-state index is 3.57. The number of aromatic nitrogens is 1. The highest BCUT2D eigenvalue weighted by Gasteiger charge is 2.19. The van der Waals surface area contributed by atoms with Crippen molar-refractivity contribution in [2.45, 2.75) is 6.92 Å². The molecule has 0 amide bonds. The molecule has 1 heterocycles. The van der Waals surface area contributed by atoms with Crippen molar-refractivity contribution in [3.8, 4) is 22.4 Å². The molecule has 0 radical (unpaired) electrons. The molecule has 0 saturated carbocycles. The van der Waals surface area contributed by atoms with Crippen LogP contribution in [0.2, 0.25) is 0 Å². The molecule has 3 aromatic rings. The van der Waals surface area contributed by atoms with Gasteiger partial charge in [0.15, 0.2) is 0 Å². The number of hydrogen-bond donors (Lipinski definition) is 1. The van der Waals surface area contributed by atoms with Gasteiger partial charge in [-0.3, -0.25) is 0 Å². The van der Waals surface area contributed by atoms with Crippen LogP contribution < -0.4 is 0 Å². The van der Waals surface area contributed by atoms with E-state index in [9.17, 15) is 0 Å². The Bertz CT molecular complexity index is 865. The number of aryl methyl sites for hydroxylation is 1. The van der Waals surface area contributed by atoms with E-state index >= 15 is 0 Å². The van der Waals surface area contributed by atoms with Gasteiger partial charge in [0.2, 0.25) is 0 Å². The minimum Gasteiger partial charge on any atom is -0.358 e. The first-order valence-corrected chi connectivity index (χ1v) is 6.90. The first kappa shape index (κ1) is 11.3. The summed E-state index contributed by atoms with van der Waals surface area (Å²) >= 11 is 0. The molecule has 0 unspecified atom stereocenters. The molecular weight excluding hydrogens is 242 g/mol. The van der Waals surface area contributed by atoms with Crippen molar-refractivity contribution >= 4 is 10.8 Å². The normalized spacial score (nSPS) is 11.2. The summed E-state index contributed by atoms with van der Waals surface area (Å²) in [5, 5.41) is 2.66. The summed E-state index contributed by atoms with van der Waals surface area (Å²) < 4.78 is 0. The Balaban J connectivity index is 2.23. The molecule has 20 heavy (non-hydrogen) atoms. The van der Waals surface area contributed by atoms with Crippen LogP contribution in [0.1, 0.15) is 5.69 Å². The summed E-state index contributed by atoms with van der Waals surface area (Å²) in [5.41, 5.74) is 6.26. The van der Waals surface area contributed by atoms with E-state index in [4.69, 9.17) is 0 Å². The lowest BCUT2D eigenvalue weighted by Gasteiger charge is -2.01. The minimum atomic E-state index is 1.15. The zero-order valence-corrected chi connectivity index (χ0v) is 11.4. The monoisotopic (exact) mass is 257 g/mol. The maximum atomic E-state index is 3.57. The number of benzene rings is 2. The highest BCUT2D eigenvalue weighted by molar-refractivity contribution is 6.13. The van der Waals surface area contributed by atoms with Gasteiger partial charge in [0.25, 0.3) is 0 Å². The van der Waals surface area contributed by atoms with Crippen LogP contribution in [0, 0.1) is 6.92 Å². The van der Waals surface area contributed by atoms with E-state index < -0.39 is 0 Å². The lowest BCUT2D eigenvalue weighted by Crippen LogP contribution is -1.81. The van der Waals surface area contributed by atoms with Gasteiger partial charge in [-0.2, -0.15) is 0 Å². The SMILES string of the molecule is Cc1cccccc2c([nH]1)-c1cccc3cccc-2c13. The third-order valence-electron chi connectivity index (χ3n) is 3.89. The average molecular weight is 257 g/mol. The zero-order chi connectivity index (χ0) is 13.5. The van der Waals surface area contributed by atoms with Crippen molar-refractivity contribution in [3.63, 3.8) is 0 Å². The molecule has 1 heteroatoms. The third-order valence-corrected chi connectivity index (χ3v) is 3.89. The van der Waals surface area contributed by atoms with Crippen LogP contribution in [0.3, 0.4) is 0 Å². The molecule has 0 bridgehead atoms. The molecule has 0 saturated heterocycles. The Labute approximate surface area is 118 Å². The van der Waals surface area contributed by atoms with Crippen LogP contribution in [-0.4, -0.2) is 4.98 Å². The molecular formula is C19H15N. The molecule has 0 aliphatic heterocycles. The highest BCUT2D eigenvalue weighted by Crippen LogP contribution is 2.45. The molecule has 1 nitrogen and oxygen atoms in total. The Hall–Kier alpha value is -2.54. The zero-order valence-electron chi connectivity index (χ0n) is 11.4. The smallest absolute Gasteiger partial charge is 0.0541 e. The van der Waals surface area contributed by atoms with Crippen molar-refractivity contribution in [2.75, 3.05) is 0 Å². The van der Waals surface area contributed by atoms with Crippen LogP contribution in [0.25, 0.3) is 33.2 Å². The standard InChI is InChI=1S/C19H15N/c1-13-7-3-2-4-10-16-15-11-5-8-14-9-6-12-17(18(14)15)19(16)20-13/h2-12,20H,1H3. The van der Waals surface area contributed by atoms with Crippen molar-refractivity contribution in [3.05, 3.63) is 72.4 Å². The summed E-state index contributed by atoms with van der Waals surface area (Å²) in [6, 6.07) is 23.6. The van der Waals surface area contributed by atoms with E-state index in [1.165, 1.54) is 33.2 Å². The van der Waals surface area contributed by atoms with Gasteiger partial charge in [-0.1, -0.05) is 60.7 Å². The van der Waals surface area contributed by atoms with E-state index in [1.54, 1.807) is 0 Å². The van der Waals surface area contributed by atoms with Gasteiger partial charge < -0.3 is 4.98 Å². The molecule has 1 aliphatic rings. The van der Waals surface area contributed by atoms with E-state index in [-0.39, 0.29) is 0 Å². The van der Waals surface area contributed by atoms with Crippen molar-refractivity contribution in [1.82, 2.24) is 4.98 Å². The molecule has 0 fully saturated rings. The number of aromatic amines is 1. The predicted molar refractivity (Wildman–Crippen MR) is 85.1 cm³/mol. The summed E-state index contributed by atoms with van der Waals surface area (Å²) in [7, 11) is 0. The van der Waals surface area contributed by atoms with Gasteiger partial charge in [0.05, 0.1) is 5.69 Å². The van der Waals surface area contributed by atoms with E-state index in [0.717, 1.165) is 5.69 Å². The lowest BCUT2D eigenvalue weighted by molar-refractivity contribution is 1.23. The first-order chi connectivity index (χ1) is 9.84. The quantitative estimate of drug-likeness (QED) is 0.443. The van der Waals surface area contributed by atoms with Gasteiger partial charge in [0.1, 0.15) is 0 Å². The molecule has 1 N–H and O–H groups in total. The largest absolute Gasteiger partial charge is 0.358 e. The summed E-state index contributed by atoms with van der Waals surface area (Å²) in [4.78, 5) is 3.57. The fourth-order valence-electron chi connectivity index (χ4n) is 3.02. The van der Waals surface area contributed by atoms with Crippen LogP contribution in [-0.2, 0) is 0 Å². The molecule has 96 valence electrons. The number of H-pyrrole nitrogens is 1. The van der Waals surface area contributed by atoms with Crippen molar-refractivity contribution in [2.24, 2.45) is 0 Å². The summed E-state index contributed by atoms with van der Waals surface area (Å²) in [6.07, 6.45) is 0. The molecule has 1 aliphatic carbocycles. The Morgan fingerprint density at radius 3 is 2.20 bits per heavy atom. The second kappa shape index (κ2) is 4.24. The van der Waals surface area contributed by atoms with Gasteiger partial charge >= 0.3 is 0 Å². The molecule has 0 spiro atoms. The fourth-order valence-corrected chi connectivity index (χ4v) is 3.02. The lowest BCUT2D eigenvalue weighted by atomic mass is 10.0. The Morgan fingerprint density at radius 1 is 0.650 bits per heavy atom.